The zero-order chi connectivity index (χ0) is 19.6. The Hall–Kier alpha value is -2.08. The summed E-state index contributed by atoms with van der Waals surface area (Å²) in [6.45, 7) is 9.68. The van der Waals surface area contributed by atoms with Gasteiger partial charge in [0.05, 0.1) is 13.2 Å². The van der Waals surface area contributed by atoms with Gasteiger partial charge in [-0.15, -0.1) is 0 Å². The number of anilines is 1. The summed E-state index contributed by atoms with van der Waals surface area (Å²) < 4.78 is 5.72. The molecule has 1 aliphatic rings. The Morgan fingerprint density at radius 2 is 2.00 bits per heavy atom. The molecule has 1 amide bonds. The lowest BCUT2D eigenvalue weighted by Crippen LogP contribution is -2.40. The van der Waals surface area contributed by atoms with E-state index in [1.54, 1.807) is 0 Å². The van der Waals surface area contributed by atoms with E-state index in [4.69, 9.17) is 9.73 Å². The number of carbonyl (C=O) groups excluding carboxylic acids is 1. The van der Waals surface area contributed by atoms with Crippen molar-refractivity contribution in [1.29, 1.82) is 0 Å². The predicted octanol–water partition coefficient (Wildman–Crippen LogP) is 3.11. The van der Waals surface area contributed by atoms with Crippen LogP contribution in [0, 0.1) is 11.8 Å². The van der Waals surface area contributed by atoms with E-state index in [9.17, 15) is 4.79 Å². The summed E-state index contributed by atoms with van der Waals surface area (Å²) in [4.78, 5) is 18.6. The third kappa shape index (κ3) is 7.99. The minimum Gasteiger partial charge on any atom is -0.379 e. The number of carbonyl (C=O) groups is 1. The van der Waals surface area contributed by atoms with Gasteiger partial charge >= 0.3 is 0 Å². The van der Waals surface area contributed by atoms with Gasteiger partial charge in [-0.1, -0.05) is 26.0 Å². The topological polar surface area (TPSA) is 66.0 Å². The maximum Gasteiger partial charge on any atom is 0.226 e. The Morgan fingerprint density at radius 3 is 2.59 bits per heavy atom. The van der Waals surface area contributed by atoms with Crippen molar-refractivity contribution >= 4 is 17.6 Å². The van der Waals surface area contributed by atoms with Crippen molar-refractivity contribution in [2.24, 2.45) is 16.8 Å². The van der Waals surface area contributed by atoms with Gasteiger partial charge in [0.1, 0.15) is 0 Å². The van der Waals surface area contributed by atoms with E-state index >= 15 is 0 Å². The number of hydrogen-bond donors (Lipinski definition) is 2. The SMILES string of the molecule is CCNC(=NCc1ccc(NC(=O)C(C)C)cc1)N(C)CCOCC1CC1. The zero-order valence-corrected chi connectivity index (χ0v) is 17.1. The first-order valence-corrected chi connectivity index (χ1v) is 9.96. The molecular formula is C21H34N4O2. The molecule has 2 N–H and O–H groups in total. The second-order valence-electron chi connectivity index (χ2n) is 7.45. The first kappa shape index (κ1) is 21.2. The minimum atomic E-state index is -0.0271. The van der Waals surface area contributed by atoms with Crippen LogP contribution in [0.5, 0.6) is 0 Å². The number of guanidine groups is 1. The summed E-state index contributed by atoms with van der Waals surface area (Å²) in [6.07, 6.45) is 2.64. The van der Waals surface area contributed by atoms with Crippen LogP contribution >= 0.6 is 0 Å². The van der Waals surface area contributed by atoms with Crippen LogP contribution in [-0.4, -0.2) is 50.1 Å². The van der Waals surface area contributed by atoms with E-state index in [1.165, 1.54) is 12.8 Å². The van der Waals surface area contributed by atoms with E-state index in [0.29, 0.717) is 6.54 Å². The van der Waals surface area contributed by atoms with Gasteiger partial charge in [0, 0.05) is 38.3 Å². The Balaban J connectivity index is 1.83. The van der Waals surface area contributed by atoms with Gasteiger partial charge in [0.2, 0.25) is 5.91 Å². The van der Waals surface area contributed by atoms with E-state index in [-0.39, 0.29) is 11.8 Å². The predicted molar refractivity (Wildman–Crippen MR) is 111 cm³/mol. The number of nitrogens with one attached hydrogen (secondary N) is 2. The van der Waals surface area contributed by atoms with Gasteiger partial charge in [-0.2, -0.15) is 0 Å². The Kier molecular flexibility index (Phi) is 8.58. The highest BCUT2D eigenvalue weighted by atomic mass is 16.5. The maximum absolute atomic E-state index is 11.8. The molecule has 0 radical (unpaired) electrons. The Bertz CT molecular complexity index is 609. The number of hydrogen-bond acceptors (Lipinski definition) is 3. The van der Waals surface area contributed by atoms with Crippen molar-refractivity contribution in [2.45, 2.75) is 40.2 Å². The molecule has 27 heavy (non-hydrogen) atoms. The molecule has 0 aliphatic heterocycles. The van der Waals surface area contributed by atoms with E-state index in [1.807, 2.05) is 45.2 Å². The second kappa shape index (κ2) is 10.9. The van der Waals surface area contributed by atoms with Crippen molar-refractivity contribution < 1.29 is 9.53 Å². The summed E-state index contributed by atoms with van der Waals surface area (Å²) in [5.41, 5.74) is 1.92. The van der Waals surface area contributed by atoms with Gasteiger partial charge in [-0.05, 0) is 43.4 Å². The molecular weight excluding hydrogens is 340 g/mol. The van der Waals surface area contributed by atoms with Crippen LogP contribution in [0.3, 0.4) is 0 Å². The first-order chi connectivity index (χ1) is 13.0. The molecule has 0 atom stereocenters. The average Bonchev–Trinajstić information content (AvgIpc) is 3.47. The van der Waals surface area contributed by atoms with E-state index in [0.717, 1.165) is 49.4 Å². The third-order valence-corrected chi connectivity index (χ3v) is 4.48. The molecule has 2 rings (SSSR count). The van der Waals surface area contributed by atoms with Gasteiger partial charge in [-0.25, -0.2) is 4.99 Å². The standard InChI is InChI=1S/C21H34N4O2/c1-5-22-21(25(4)12-13-27-15-18-6-7-18)23-14-17-8-10-19(11-9-17)24-20(26)16(2)3/h8-11,16,18H,5-7,12-15H2,1-4H3,(H,22,23)(H,24,26). The molecule has 1 saturated carbocycles. The molecule has 1 aromatic carbocycles. The van der Waals surface area contributed by atoms with Crippen LogP contribution in [0.4, 0.5) is 5.69 Å². The summed E-state index contributed by atoms with van der Waals surface area (Å²) in [5.74, 6) is 1.68. The van der Waals surface area contributed by atoms with Crippen LogP contribution in [-0.2, 0) is 16.1 Å². The number of amides is 1. The fourth-order valence-corrected chi connectivity index (χ4v) is 2.46. The fourth-order valence-electron chi connectivity index (χ4n) is 2.46. The first-order valence-electron chi connectivity index (χ1n) is 9.96. The van der Waals surface area contributed by atoms with Crippen LogP contribution in [0.15, 0.2) is 29.3 Å². The lowest BCUT2D eigenvalue weighted by molar-refractivity contribution is -0.118. The van der Waals surface area contributed by atoms with Crippen LogP contribution < -0.4 is 10.6 Å². The highest BCUT2D eigenvalue weighted by Gasteiger charge is 2.21. The molecule has 0 aromatic heterocycles. The highest BCUT2D eigenvalue weighted by molar-refractivity contribution is 5.92. The van der Waals surface area contributed by atoms with Crippen LogP contribution in [0.1, 0.15) is 39.2 Å². The van der Waals surface area contributed by atoms with Gasteiger partial charge in [0.25, 0.3) is 0 Å². The molecule has 6 heteroatoms. The number of likely N-dealkylation sites (N-methyl/N-ethyl adjacent to an activating group) is 1. The summed E-state index contributed by atoms with van der Waals surface area (Å²) in [7, 11) is 2.03. The molecule has 0 unspecified atom stereocenters. The lowest BCUT2D eigenvalue weighted by Gasteiger charge is -2.22. The lowest BCUT2D eigenvalue weighted by atomic mass is 10.2. The summed E-state index contributed by atoms with van der Waals surface area (Å²) in [6, 6.07) is 7.85. The average molecular weight is 375 g/mol. The third-order valence-electron chi connectivity index (χ3n) is 4.48. The van der Waals surface area contributed by atoms with Crippen molar-refractivity contribution in [1.82, 2.24) is 10.2 Å². The molecule has 0 heterocycles. The molecule has 1 aromatic rings. The van der Waals surface area contributed by atoms with Crippen LogP contribution in [0.2, 0.25) is 0 Å². The molecule has 6 nitrogen and oxygen atoms in total. The molecule has 1 fully saturated rings. The van der Waals surface area contributed by atoms with Gasteiger partial charge in [0.15, 0.2) is 5.96 Å². The maximum atomic E-state index is 11.8. The normalized spacial score (nSPS) is 14.3. The minimum absolute atomic E-state index is 0.0271. The van der Waals surface area contributed by atoms with E-state index in [2.05, 4.69) is 22.5 Å². The quantitative estimate of drug-likeness (QED) is 0.375. The molecule has 0 saturated heterocycles. The van der Waals surface area contributed by atoms with Gasteiger partial charge in [-0.3, -0.25) is 4.79 Å². The molecule has 0 bridgehead atoms. The Morgan fingerprint density at radius 1 is 1.30 bits per heavy atom. The largest absolute Gasteiger partial charge is 0.379 e. The van der Waals surface area contributed by atoms with Crippen molar-refractivity contribution in [3.8, 4) is 0 Å². The summed E-state index contributed by atoms with van der Waals surface area (Å²) in [5, 5.41) is 6.23. The molecule has 1 aliphatic carbocycles. The van der Waals surface area contributed by atoms with Crippen molar-refractivity contribution in [3.05, 3.63) is 29.8 Å². The van der Waals surface area contributed by atoms with Crippen LogP contribution in [0.25, 0.3) is 0 Å². The molecule has 0 spiro atoms. The fraction of sp³-hybridized carbons (Fsp3) is 0.619. The van der Waals surface area contributed by atoms with Crippen molar-refractivity contribution in [2.75, 3.05) is 38.7 Å². The number of nitrogens with zero attached hydrogens (tertiary/aromatic N) is 2. The summed E-state index contributed by atoms with van der Waals surface area (Å²) >= 11 is 0. The highest BCUT2D eigenvalue weighted by Crippen LogP contribution is 2.28. The number of ether oxygens (including phenoxy) is 1. The smallest absolute Gasteiger partial charge is 0.226 e. The Labute approximate surface area is 163 Å². The molecule has 150 valence electrons. The number of benzene rings is 1. The number of aliphatic imine (C=N–C) groups is 1. The van der Waals surface area contributed by atoms with E-state index < -0.39 is 0 Å². The second-order valence-corrected chi connectivity index (χ2v) is 7.45. The zero-order valence-electron chi connectivity index (χ0n) is 17.1. The van der Waals surface area contributed by atoms with Crippen molar-refractivity contribution in [3.63, 3.8) is 0 Å². The van der Waals surface area contributed by atoms with Gasteiger partial charge < -0.3 is 20.3 Å². The number of rotatable bonds is 10. The monoisotopic (exact) mass is 374 g/mol.